The average Bonchev–Trinajstić information content (AvgIpc) is 3.59. The molecule has 5 aromatic rings. The van der Waals surface area contributed by atoms with E-state index in [2.05, 4.69) is 46.2 Å². The summed E-state index contributed by atoms with van der Waals surface area (Å²) in [6.07, 6.45) is 2.40. The predicted molar refractivity (Wildman–Crippen MR) is 143 cm³/mol. The molecule has 0 saturated heterocycles. The van der Waals surface area contributed by atoms with Crippen LogP contribution in [0, 0.1) is 12.7 Å². The number of aromatic amines is 1. The van der Waals surface area contributed by atoms with E-state index in [0.29, 0.717) is 24.5 Å². The van der Waals surface area contributed by atoms with E-state index in [1.807, 2.05) is 43.3 Å². The van der Waals surface area contributed by atoms with Gasteiger partial charge in [-0.25, -0.2) is 9.07 Å². The monoisotopic (exact) mass is 514 g/mol. The Hall–Kier alpha value is -4.11. The van der Waals surface area contributed by atoms with Crippen LogP contribution < -0.4 is 5.56 Å². The maximum Gasteiger partial charge on any atom is 0.253 e. The molecule has 0 aliphatic rings. The maximum atomic E-state index is 13.7. The van der Waals surface area contributed by atoms with E-state index in [9.17, 15) is 9.18 Å². The molecule has 9 heteroatoms. The van der Waals surface area contributed by atoms with Crippen LogP contribution in [0.25, 0.3) is 10.9 Å². The predicted octanol–water partition coefficient (Wildman–Crippen LogP) is 5.49. The second-order valence-corrected chi connectivity index (χ2v) is 10.3. The van der Waals surface area contributed by atoms with Gasteiger partial charge in [-0.1, -0.05) is 31.2 Å². The Morgan fingerprint density at radius 1 is 1.11 bits per heavy atom. The largest absolute Gasteiger partial charge is 0.468 e. The van der Waals surface area contributed by atoms with Gasteiger partial charge >= 0.3 is 0 Å². The van der Waals surface area contributed by atoms with Crippen molar-refractivity contribution in [2.45, 2.75) is 58.8 Å². The fourth-order valence-electron chi connectivity index (χ4n) is 4.64. The number of fused-ring (bicyclic) bond motifs is 1. The van der Waals surface area contributed by atoms with E-state index >= 15 is 0 Å². The van der Waals surface area contributed by atoms with Crippen LogP contribution in [0.5, 0.6) is 0 Å². The highest BCUT2D eigenvalue weighted by molar-refractivity contribution is 5.79. The first kappa shape index (κ1) is 25.5. The van der Waals surface area contributed by atoms with E-state index in [-0.39, 0.29) is 11.4 Å². The Balaban J connectivity index is 1.72. The number of hydrogen-bond donors (Lipinski definition) is 1. The van der Waals surface area contributed by atoms with E-state index in [4.69, 9.17) is 4.42 Å². The SMILES string of the molecule is CCC(C)(C)n1nnnc1[C@H](c1cc2ccc(C)cc2[nH]c1=O)N(Cc1ccc(F)cc1)Cc1ccco1. The van der Waals surface area contributed by atoms with Gasteiger partial charge in [-0.05, 0) is 90.5 Å². The summed E-state index contributed by atoms with van der Waals surface area (Å²) in [4.78, 5) is 18.8. The molecule has 0 radical (unpaired) electrons. The van der Waals surface area contributed by atoms with Crippen LogP contribution in [0.2, 0.25) is 0 Å². The molecule has 0 aliphatic heterocycles. The fourth-order valence-corrected chi connectivity index (χ4v) is 4.64. The number of rotatable bonds is 9. The molecule has 0 amide bonds. The quantitative estimate of drug-likeness (QED) is 0.280. The minimum absolute atomic E-state index is 0.222. The Labute approximate surface area is 220 Å². The van der Waals surface area contributed by atoms with Gasteiger partial charge in [0.25, 0.3) is 5.56 Å². The topological polar surface area (TPSA) is 92.8 Å². The third-order valence-corrected chi connectivity index (χ3v) is 7.10. The Bertz CT molecular complexity index is 1590. The summed E-state index contributed by atoms with van der Waals surface area (Å²) < 4.78 is 21.2. The van der Waals surface area contributed by atoms with Gasteiger partial charge in [-0.15, -0.1) is 5.10 Å². The van der Waals surface area contributed by atoms with Gasteiger partial charge in [0.2, 0.25) is 0 Å². The van der Waals surface area contributed by atoms with Crippen molar-refractivity contribution in [2.75, 3.05) is 0 Å². The number of nitrogens with one attached hydrogen (secondary N) is 1. The van der Waals surface area contributed by atoms with Crippen LogP contribution in [0.4, 0.5) is 4.39 Å². The molecule has 8 nitrogen and oxygen atoms in total. The summed E-state index contributed by atoms with van der Waals surface area (Å²) in [6.45, 7) is 8.96. The molecule has 196 valence electrons. The van der Waals surface area contributed by atoms with Gasteiger partial charge in [0.1, 0.15) is 17.6 Å². The van der Waals surface area contributed by atoms with Gasteiger partial charge in [-0.3, -0.25) is 9.69 Å². The lowest BCUT2D eigenvalue weighted by atomic mass is 9.98. The summed E-state index contributed by atoms with van der Waals surface area (Å²) >= 11 is 0. The lowest BCUT2D eigenvalue weighted by Crippen LogP contribution is -2.38. The zero-order valence-corrected chi connectivity index (χ0v) is 22.0. The van der Waals surface area contributed by atoms with Gasteiger partial charge in [0.05, 0.1) is 18.3 Å². The summed E-state index contributed by atoms with van der Waals surface area (Å²) in [5.74, 6) is 0.957. The van der Waals surface area contributed by atoms with Crippen molar-refractivity contribution in [3.63, 3.8) is 0 Å². The average molecular weight is 515 g/mol. The molecule has 3 aromatic heterocycles. The van der Waals surface area contributed by atoms with Crippen molar-refractivity contribution in [1.82, 2.24) is 30.1 Å². The lowest BCUT2D eigenvalue weighted by molar-refractivity contribution is 0.168. The second-order valence-electron chi connectivity index (χ2n) is 10.3. The number of aromatic nitrogens is 5. The molecule has 0 fully saturated rings. The number of aryl methyl sites for hydroxylation is 1. The molecular weight excluding hydrogens is 483 g/mol. The maximum absolute atomic E-state index is 13.7. The van der Waals surface area contributed by atoms with Crippen molar-refractivity contribution in [2.24, 2.45) is 0 Å². The number of pyridine rings is 1. The van der Waals surface area contributed by atoms with Crippen molar-refractivity contribution < 1.29 is 8.81 Å². The minimum Gasteiger partial charge on any atom is -0.468 e. The fraction of sp³-hybridized carbons (Fsp3) is 0.310. The Kier molecular flexibility index (Phi) is 6.94. The normalized spacial score (nSPS) is 12.9. The molecule has 0 bridgehead atoms. The third-order valence-electron chi connectivity index (χ3n) is 7.10. The van der Waals surface area contributed by atoms with Gasteiger partial charge in [-0.2, -0.15) is 0 Å². The molecule has 0 saturated carbocycles. The molecule has 0 spiro atoms. The van der Waals surface area contributed by atoms with E-state index in [1.54, 1.807) is 23.1 Å². The van der Waals surface area contributed by atoms with Crippen molar-refractivity contribution in [1.29, 1.82) is 0 Å². The molecule has 5 rings (SSSR count). The summed E-state index contributed by atoms with van der Waals surface area (Å²) in [7, 11) is 0. The van der Waals surface area contributed by atoms with Crippen LogP contribution in [0.15, 0.2) is 76.1 Å². The first-order valence-electron chi connectivity index (χ1n) is 12.7. The lowest BCUT2D eigenvalue weighted by Gasteiger charge is -2.33. The van der Waals surface area contributed by atoms with Crippen molar-refractivity contribution in [3.8, 4) is 0 Å². The van der Waals surface area contributed by atoms with Crippen LogP contribution in [0.3, 0.4) is 0 Å². The van der Waals surface area contributed by atoms with Crippen LogP contribution >= 0.6 is 0 Å². The van der Waals surface area contributed by atoms with E-state index in [0.717, 1.165) is 34.2 Å². The highest BCUT2D eigenvalue weighted by atomic mass is 19.1. The zero-order valence-electron chi connectivity index (χ0n) is 22.0. The molecule has 2 aromatic carbocycles. The highest BCUT2D eigenvalue weighted by Gasteiger charge is 2.35. The molecule has 1 N–H and O–H groups in total. The smallest absolute Gasteiger partial charge is 0.253 e. The van der Waals surface area contributed by atoms with Crippen molar-refractivity contribution >= 4 is 10.9 Å². The van der Waals surface area contributed by atoms with Gasteiger partial charge in [0.15, 0.2) is 5.82 Å². The molecular formula is C29H31FN6O2. The van der Waals surface area contributed by atoms with Crippen LogP contribution in [0.1, 0.15) is 61.5 Å². The minimum atomic E-state index is -0.625. The number of benzene rings is 2. The Morgan fingerprint density at radius 3 is 2.61 bits per heavy atom. The van der Waals surface area contributed by atoms with Crippen molar-refractivity contribution in [3.05, 3.63) is 111 Å². The van der Waals surface area contributed by atoms with Gasteiger partial charge in [0, 0.05) is 17.6 Å². The molecule has 0 aliphatic carbocycles. The van der Waals surface area contributed by atoms with E-state index in [1.165, 1.54) is 12.1 Å². The summed E-state index contributed by atoms with van der Waals surface area (Å²) in [5, 5.41) is 13.8. The first-order valence-corrected chi connectivity index (χ1v) is 12.7. The molecule has 3 heterocycles. The second kappa shape index (κ2) is 10.3. The van der Waals surface area contributed by atoms with Gasteiger partial charge < -0.3 is 9.40 Å². The summed E-state index contributed by atoms with van der Waals surface area (Å²) in [5.41, 5.74) is 2.59. The van der Waals surface area contributed by atoms with Crippen LogP contribution in [-0.4, -0.2) is 30.1 Å². The van der Waals surface area contributed by atoms with E-state index < -0.39 is 11.6 Å². The summed E-state index contributed by atoms with van der Waals surface area (Å²) in [6, 6.07) is 17.3. The first-order chi connectivity index (χ1) is 18.2. The number of furan rings is 1. The Morgan fingerprint density at radius 2 is 1.89 bits per heavy atom. The molecule has 1 atom stereocenters. The number of nitrogens with zero attached hydrogens (tertiary/aromatic N) is 5. The molecule has 38 heavy (non-hydrogen) atoms. The highest BCUT2D eigenvalue weighted by Crippen LogP contribution is 2.33. The number of hydrogen-bond acceptors (Lipinski definition) is 6. The zero-order chi connectivity index (χ0) is 26.9. The third kappa shape index (κ3) is 5.15. The number of tetrazole rings is 1. The number of halogens is 1. The number of H-pyrrole nitrogens is 1. The molecule has 0 unspecified atom stereocenters. The standard InChI is InChI=1S/C29H31FN6O2/c1-5-29(3,4)36-27(32-33-34-36)26(24-16-21-11-8-19(2)15-25(21)31-28(24)37)35(18-23-7-6-14-38-23)17-20-9-12-22(30)13-10-20/h6-16,26H,5,17-18H2,1-4H3,(H,31,37)/t26-/m0/s1. The van der Waals surface area contributed by atoms with Crippen LogP contribution in [-0.2, 0) is 18.6 Å².